The number of nitrogens with zero attached hydrogens (tertiary/aromatic N) is 8. The summed E-state index contributed by atoms with van der Waals surface area (Å²) >= 11 is 5.90. The maximum Gasteiger partial charge on any atom is 0.416 e. The quantitative estimate of drug-likeness (QED) is 0.293. The Bertz CT molecular complexity index is 1700. The summed E-state index contributed by atoms with van der Waals surface area (Å²) in [7, 11) is 0. The Hall–Kier alpha value is -4.29. The van der Waals surface area contributed by atoms with E-state index in [1.54, 1.807) is 0 Å². The van der Waals surface area contributed by atoms with Gasteiger partial charge in [0.2, 0.25) is 0 Å². The zero-order valence-corrected chi connectivity index (χ0v) is 23.1. The number of nitrogens with one attached hydrogen (secondary N) is 1. The molecule has 1 fully saturated rings. The molecule has 1 aromatic carbocycles. The van der Waals surface area contributed by atoms with Crippen LogP contribution in [0.4, 0.5) is 26.3 Å². The molecule has 3 aromatic heterocycles. The fraction of sp³-hybridized carbons (Fsp3) is 0.360. The van der Waals surface area contributed by atoms with E-state index in [-0.39, 0.29) is 41.7 Å². The van der Waals surface area contributed by atoms with Gasteiger partial charge in [-0.1, -0.05) is 11.6 Å². The van der Waals surface area contributed by atoms with Crippen LogP contribution in [0, 0.1) is 0 Å². The monoisotopic (exact) mass is 645 g/mol. The van der Waals surface area contributed by atoms with Crippen molar-refractivity contribution >= 4 is 17.5 Å². The van der Waals surface area contributed by atoms with Gasteiger partial charge in [0.15, 0.2) is 23.4 Å². The Labute approximate surface area is 248 Å². The molecule has 44 heavy (non-hydrogen) atoms. The lowest BCUT2D eigenvalue weighted by atomic mass is 10.1. The lowest BCUT2D eigenvalue weighted by Gasteiger charge is -2.34. The lowest BCUT2D eigenvalue weighted by Crippen LogP contribution is -2.58. The molecule has 1 unspecified atom stereocenters. The van der Waals surface area contributed by atoms with E-state index in [0.717, 1.165) is 14.3 Å². The summed E-state index contributed by atoms with van der Waals surface area (Å²) in [5.74, 6) is -0.987. The van der Waals surface area contributed by atoms with Gasteiger partial charge in [0.05, 0.1) is 12.2 Å². The third-order valence-corrected chi connectivity index (χ3v) is 6.93. The third-order valence-electron chi connectivity index (χ3n) is 6.68. The molecule has 4 heterocycles. The molecule has 1 amide bonds. The highest BCUT2D eigenvalue weighted by Gasteiger charge is 2.43. The van der Waals surface area contributed by atoms with Crippen molar-refractivity contribution < 1.29 is 36.2 Å². The van der Waals surface area contributed by atoms with Crippen molar-refractivity contribution in [3.63, 3.8) is 0 Å². The number of carbonyl (C=O) groups is 1. The summed E-state index contributed by atoms with van der Waals surface area (Å²) in [5.41, 5.74) is -0.854. The van der Waals surface area contributed by atoms with E-state index < -0.39 is 55.7 Å². The SMILES string of the molecule is O=C(c1ncccc1-n1cnc(Cn2nc(-c3ccc(Cl)cc3)n(C[C@H](O)C(F)(F)F)c2=O)n1)N1CCNC(C(F)(F)F)C1. The number of rotatable bonds is 7. The van der Waals surface area contributed by atoms with Crippen molar-refractivity contribution in [2.75, 3.05) is 19.6 Å². The smallest absolute Gasteiger partial charge is 0.382 e. The van der Waals surface area contributed by atoms with Gasteiger partial charge in [0.25, 0.3) is 5.91 Å². The van der Waals surface area contributed by atoms with E-state index in [9.17, 15) is 41.0 Å². The number of pyridine rings is 1. The molecule has 0 radical (unpaired) electrons. The van der Waals surface area contributed by atoms with Gasteiger partial charge in [-0.2, -0.15) is 26.3 Å². The van der Waals surface area contributed by atoms with Gasteiger partial charge in [0, 0.05) is 36.4 Å². The number of aromatic nitrogens is 7. The Morgan fingerprint density at radius 3 is 2.50 bits per heavy atom. The Morgan fingerprint density at radius 2 is 1.82 bits per heavy atom. The summed E-state index contributed by atoms with van der Waals surface area (Å²) in [6, 6.07) is 6.79. The molecule has 2 N–H and O–H groups in total. The minimum Gasteiger partial charge on any atom is -0.382 e. The number of aliphatic hydroxyl groups excluding tert-OH is 1. The minimum atomic E-state index is -5.00. The predicted octanol–water partition coefficient (Wildman–Crippen LogP) is 2.29. The van der Waals surface area contributed by atoms with Gasteiger partial charge in [0.1, 0.15) is 18.9 Å². The largest absolute Gasteiger partial charge is 0.416 e. The number of hydrogen-bond donors (Lipinski definition) is 2. The van der Waals surface area contributed by atoms with E-state index >= 15 is 0 Å². The number of carbonyl (C=O) groups excluding carboxylic acids is 1. The van der Waals surface area contributed by atoms with Crippen molar-refractivity contribution in [1.29, 1.82) is 0 Å². The van der Waals surface area contributed by atoms with Crippen molar-refractivity contribution in [3.05, 3.63) is 75.9 Å². The molecule has 2 atom stereocenters. The molecule has 0 spiro atoms. The standard InChI is InChI=1S/C25H22ClF6N9O3/c26-15-5-3-14(4-6-15)21-37-40(23(44)39(21)11-18(42)25(30,31)32)12-19-35-13-41(36-19)16-2-1-7-34-20(16)22(43)38-9-8-33-17(10-38)24(27,28)29/h1-7,13,17-18,33,42H,8-12H2/t17?,18-/m0/s1. The van der Waals surface area contributed by atoms with E-state index in [1.165, 1.54) is 48.9 Å². The maximum absolute atomic E-state index is 13.3. The molecule has 1 saturated heterocycles. The summed E-state index contributed by atoms with van der Waals surface area (Å²) < 4.78 is 81.8. The zero-order chi connectivity index (χ0) is 31.8. The number of benzene rings is 1. The normalized spacial score (nSPS) is 16.7. The van der Waals surface area contributed by atoms with Gasteiger partial charge in [-0.25, -0.2) is 24.1 Å². The number of alkyl halides is 6. The van der Waals surface area contributed by atoms with Gasteiger partial charge < -0.3 is 15.3 Å². The molecular weight excluding hydrogens is 624 g/mol. The zero-order valence-electron chi connectivity index (χ0n) is 22.3. The number of halogens is 7. The van der Waals surface area contributed by atoms with E-state index in [1.807, 2.05) is 0 Å². The Balaban J connectivity index is 1.43. The van der Waals surface area contributed by atoms with Crippen LogP contribution >= 0.6 is 11.6 Å². The van der Waals surface area contributed by atoms with Crippen LogP contribution in [0.2, 0.25) is 5.02 Å². The molecule has 0 aliphatic carbocycles. The third kappa shape index (κ3) is 6.61. The van der Waals surface area contributed by atoms with Crippen LogP contribution in [-0.4, -0.2) is 94.1 Å². The van der Waals surface area contributed by atoms with Crippen molar-refractivity contribution in [2.24, 2.45) is 0 Å². The summed E-state index contributed by atoms with van der Waals surface area (Å²) in [6.07, 6.45) is -9.95. The molecular formula is C25H22ClF6N9O3. The average molecular weight is 646 g/mol. The highest BCUT2D eigenvalue weighted by atomic mass is 35.5. The lowest BCUT2D eigenvalue weighted by molar-refractivity contribution is -0.207. The van der Waals surface area contributed by atoms with Gasteiger partial charge in [-0.05, 0) is 36.4 Å². The second-order valence-electron chi connectivity index (χ2n) is 9.71. The minimum absolute atomic E-state index is 0.00853. The molecule has 0 bridgehead atoms. The molecule has 5 rings (SSSR count). The molecule has 1 aliphatic heterocycles. The summed E-state index contributed by atoms with van der Waals surface area (Å²) in [4.78, 5) is 35.5. The fourth-order valence-corrected chi connectivity index (χ4v) is 4.59. The summed E-state index contributed by atoms with van der Waals surface area (Å²) in [5, 5.41) is 20.7. The summed E-state index contributed by atoms with van der Waals surface area (Å²) in [6.45, 7) is -2.24. The van der Waals surface area contributed by atoms with E-state index in [4.69, 9.17) is 11.6 Å². The number of piperazine rings is 1. The number of amides is 1. The molecule has 19 heteroatoms. The van der Waals surface area contributed by atoms with Gasteiger partial charge in [-0.15, -0.1) is 10.2 Å². The molecule has 4 aromatic rings. The molecule has 12 nitrogen and oxygen atoms in total. The van der Waals surface area contributed by atoms with Crippen LogP contribution in [0.1, 0.15) is 16.3 Å². The molecule has 1 aliphatic rings. The van der Waals surface area contributed by atoms with E-state index in [2.05, 4.69) is 25.5 Å². The first-order valence-corrected chi connectivity index (χ1v) is 13.2. The average Bonchev–Trinajstić information content (AvgIpc) is 3.57. The molecule has 234 valence electrons. The van der Waals surface area contributed by atoms with Crippen LogP contribution in [0.15, 0.2) is 53.7 Å². The van der Waals surface area contributed by atoms with Crippen molar-refractivity contribution in [2.45, 2.75) is 37.6 Å². The first-order chi connectivity index (χ1) is 20.7. The number of hydrogen-bond acceptors (Lipinski definition) is 8. The van der Waals surface area contributed by atoms with Crippen LogP contribution in [0.25, 0.3) is 17.1 Å². The first kappa shape index (κ1) is 31.1. The Morgan fingerprint density at radius 1 is 1.09 bits per heavy atom. The van der Waals surface area contributed by atoms with Crippen molar-refractivity contribution in [3.8, 4) is 17.1 Å². The number of aliphatic hydroxyl groups is 1. The fourth-order valence-electron chi connectivity index (χ4n) is 4.47. The Kier molecular flexibility index (Phi) is 8.50. The second-order valence-corrected chi connectivity index (χ2v) is 10.2. The van der Waals surface area contributed by atoms with Crippen LogP contribution in [0.5, 0.6) is 0 Å². The van der Waals surface area contributed by atoms with Crippen molar-refractivity contribution in [1.82, 2.24) is 44.3 Å². The molecule has 0 saturated carbocycles. The predicted molar refractivity (Wildman–Crippen MR) is 141 cm³/mol. The highest BCUT2D eigenvalue weighted by molar-refractivity contribution is 6.30. The van der Waals surface area contributed by atoms with Crippen LogP contribution < -0.4 is 11.0 Å². The van der Waals surface area contributed by atoms with E-state index in [0.29, 0.717) is 9.59 Å². The van der Waals surface area contributed by atoms with Gasteiger partial charge >= 0.3 is 18.0 Å². The van der Waals surface area contributed by atoms with Crippen LogP contribution in [-0.2, 0) is 13.1 Å². The van der Waals surface area contributed by atoms with Crippen LogP contribution in [0.3, 0.4) is 0 Å². The topological polar surface area (TPSA) is 136 Å². The van der Waals surface area contributed by atoms with Gasteiger partial charge in [-0.3, -0.25) is 9.36 Å². The highest BCUT2D eigenvalue weighted by Crippen LogP contribution is 2.25. The second kappa shape index (κ2) is 12.0. The maximum atomic E-state index is 13.3. The first-order valence-electron chi connectivity index (χ1n) is 12.9.